The number of hydrogen-bond donors (Lipinski definition) is 1. The summed E-state index contributed by atoms with van der Waals surface area (Å²) >= 11 is 0. The summed E-state index contributed by atoms with van der Waals surface area (Å²) in [6.45, 7) is 4.56. The highest BCUT2D eigenvalue weighted by Crippen LogP contribution is 2.37. The lowest BCUT2D eigenvalue weighted by Crippen LogP contribution is -2.36. The molecule has 8 nitrogen and oxygen atoms in total. The molecule has 4 aromatic rings. The van der Waals surface area contributed by atoms with Crippen molar-refractivity contribution in [2.75, 3.05) is 11.4 Å². The third-order valence-electron chi connectivity index (χ3n) is 5.16. The van der Waals surface area contributed by atoms with Gasteiger partial charge < -0.3 is 14.3 Å². The van der Waals surface area contributed by atoms with E-state index in [4.69, 9.17) is 4.42 Å². The Morgan fingerprint density at radius 1 is 1.28 bits per heavy atom. The molecule has 0 saturated carbocycles. The summed E-state index contributed by atoms with van der Waals surface area (Å²) < 4.78 is 34.3. The number of imidazole rings is 1. The molecule has 1 atom stereocenters. The molecule has 5 heterocycles. The number of rotatable bonds is 4. The second-order valence-electron chi connectivity index (χ2n) is 7.35. The van der Waals surface area contributed by atoms with Crippen molar-refractivity contribution in [2.45, 2.75) is 38.7 Å². The molecule has 0 aliphatic carbocycles. The summed E-state index contributed by atoms with van der Waals surface area (Å²) in [6.07, 6.45) is 1.43. The van der Waals surface area contributed by atoms with Gasteiger partial charge in [-0.15, -0.1) is 5.10 Å². The molecule has 1 N–H and O–H groups in total. The molecule has 150 valence electrons. The lowest BCUT2D eigenvalue weighted by Gasteiger charge is -2.32. The van der Waals surface area contributed by atoms with E-state index in [9.17, 15) is 8.78 Å². The van der Waals surface area contributed by atoms with Crippen molar-refractivity contribution in [1.82, 2.24) is 29.8 Å². The quantitative estimate of drug-likeness (QED) is 0.564. The number of aromatic amines is 1. The lowest BCUT2D eigenvalue weighted by molar-refractivity contribution is 0.152. The first-order valence-electron chi connectivity index (χ1n) is 9.41. The van der Waals surface area contributed by atoms with Gasteiger partial charge in [0, 0.05) is 36.3 Å². The average Bonchev–Trinajstić information content (AvgIpc) is 3.44. The summed E-state index contributed by atoms with van der Waals surface area (Å²) in [5.74, 6) is 0.644. The average molecular weight is 399 g/mol. The van der Waals surface area contributed by atoms with Crippen LogP contribution in [0.3, 0.4) is 0 Å². The molecule has 0 saturated heterocycles. The van der Waals surface area contributed by atoms with Crippen LogP contribution in [0.4, 0.5) is 14.8 Å². The maximum atomic E-state index is 13.5. The summed E-state index contributed by atoms with van der Waals surface area (Å²) in [5, 5.41) is 12.9. The highest BCUT2D eigenvalue weighted by molar-refractivity contribution is 5.58. The summed E-state index contributed by atoms with van der Waals surface area (Å²) in [4.78, 5) is 9.57. The van der Waals surface area contributed by atoms with Gasteiger partial charge in [0.25, 0.3) is 6.43 Å². The van der Waals surface area contributed by atoms with E-state index in [1.165, 1.54) is 10.6 Å². The molecule has 29 heavy (non-hydrogen) atoms. The number of aromatic nitrogens is 6. The van der Waals surface area contributed by atoms with Crippen molar-refractivity contribution in [3.8, 4) is 0 Å². The number of alkyl halides is 2. The molecule has 5 rings (SSSR count). The topological polar surface area (TPSA) is 88.1 Å². The number of halogens is 2. The van der Waals surface area contributed by atoms with Gasteiger partial charge in [-0.25, -0.2) is 18.3 Å². The van der Waals surface area contributed by atoms with Gasteiger partial charge in [0.05, 0.1) is 23.2 Å². The Kier molecular flexibility index (Phi) is 4.07. The van der Waals surface area contributed by atoms with E-state index in [2.05, 4.69) is 25.3 Å². The van der Waals surface area contributed by atoms with Crippen LogP contribution in [0.2, 0.25) is 0 Å². The first-order valence-corrected chi connectivity index (χ1v) is 9.41. The van der Waals surface area contributed by atoms with Crippen molar-refractivity contribution in [3.63, 3.8) is 0 Å². The lowest BCUT2D eigenvalue weighted by atomic mass is 10.00. The van der Waals surface area contributed by atoms with Crippen molar-refractivity contribution in [3.05, 3.63) is 59.3 Å². The van der Waals surface area contributed by atoms with Gasteiger partial charge in [0.2, 0.25) is 5.89 Å². The molecule has 1 aliphatic heterocycles. The fourth-order valence-electron chi connectivity index (χ4n) is 3.73. The highest BCUT2D eigenvalue weighted by Gasteiger charge is 2.36. The molecular weight excluding hydrogens is 380 g/mol. The maximum absolute atomic E-state index is 13.5. The van der Waals surface area contributed by atoms with Gasteiger partial charge in [-0.05, 0) is 18.2 Å². The first kappa shape index (κ1) is 17.8. The Morgan fingerprint density at radius 3 is 2.90 bits per heavy atom. The van der Waals surface area contributed by atoms with E-state index < -0.39 is 12.5 Å². The zero-order chi connectivity index (χ0) is 20.1. The molecule has 4 aromatic heterocycles. The standard InChI is InChI=1S/C19H19F2N7O/c1-10(2)18-24-25-19(29-18)27-7-5-12-15(23-9-22-12)16(27)13-8-14-11(17(20)21)4-3-6-28(14)26-13/h3-4,6,8-10,16-17H,5,7H2,1-2H3,(H,22,23). The number of hydrogen-bond acceptors (Lipinski definition) is 6. The van der Waals surface area contributed by atoms with Gasteiger partial charge in [0.1, 0.15) is 6.04 Å². The van der Waals surface area contributed by atoms with Crippen LogP contribution in [-0.4, -0.2) is 36.3 Å². The van der Waals surface area contributed by atoms with Crippen LogP contribution >= 0.6 is 0 Å². The van der Waals surface area contributed by atoms with E-state index >= 15 is 0 Å². The number of nitrogens with one attached hydrogen (secondary N) is 1. The molecule has 0 fully saturated rings. The maximum Gasteiger partial charge on any atom is 0.319 e. The smallest absolute Gasteiger partial charge is 0.319 e. The predicted octanol–water partition coefficient (Wildman–Crippen LogP) is 3.65. The van der Waals surface area contributed by atoms with Crippen molar-refractivity contribution < 1.29 is 13.2 Å². The largest absolute Gasteiger partial charge is 0.408 e. The Labute approximate surface area is 164 Å². The molecule has 0 bridgehead atoms. The Hall–Kier alpha value is -3.30. The minimum atomic E-state index is -2.59. The van der Waals surface area contributed by atoms with Crippen LogP contribution in [-0.2, 0) is 6.42 Å². The van der Waals surface area contributed by atoms with Crippen LogP contribution in [0.15, 0.2) is 35.1 Å². The molecule has 1 aliphatic rings. The molecule has 0 amide bonds. The Balaban J connectivity index is 1.65. The summed E-state index contributed by atoms with van der Waals surface area (Å²) in [6, 6.07) is 4.62. The van der Waals surface area contributed by atoms with Gasteiger partial charge in [0.15, 0.2) is 0 Å². The third-order valence-corrected chi connectivity index (χ3v) is 5.16. The molecule has 1 unspecified atom stereocenters. The van der Waals surface area contributed by atoms with Crippen molar-refractivity contribution in [2.24, 2.45) is 0 Å². The van der Waals surface area contributed by atoms with Crippen molar-refractivity contribution in [1.29, 1.82) is 0 Å². The molecule has 0 radical (unpaired) electrons. The van der Waals surface area contributed by atoms with E-state index in [0.29, 0.717) is 29.7 Å². The summed E-state index contributed by atoms with van der Waals surface area (Å²) in [5.41, 5.74) is 2.67. The van der Waals surface area contributed by atoms with E-state index in [-0.39, 0.29) is 11.5 Å². The van der Waals surface area contributed by atoms with E-state index in [1.807, 2.05) is 18.7 Å². The molecular formula is C19H19F2N7O. The van der Waals surface area contributed by atoms with Gasteiger partial charge in [-0.3, -0.25) is 0 Å². The van der Waals surface area contributed by atoms with Crippen molar-refractivity contribution >= 4 is 11.5 Å². The fourth-order valence-corrected chi connectivity index (χ4v) is 3.73. The minimum absolute atomic E-state index is 0.0595. The number of H-pyrrole nitrogens is 1. The van der Waals surface area contributed by atoms with Gasteiger partial charge in [-0.1, -0.05) is 18.9 Å². The number of fused-ring (bicyclic) bond motifs is 2. The van der Waals surface area contributed by atoms with Gasteiger partial charge in [-0.2, -0.15) is 5.10 Å². The Bertz CT molecular complexity index is 1160. The third kappa shape index (κ3) is 2.86. The predicted molar refractivity (Wildman–Crippen MR) is 100 cm³/mol. The fraction of sp³-hybridized carbons (Fsp3) is 0.368. The Morgan fingerprint density at radius 2 is 2.14 bits per heavy atom. The number of anilines is 1. The minimum Gasteiger partial charge on any atom is -0.408 e. The monoisotopic (exact) mass is 399 g/mol. The molecule has 0 spiro atoms. The van der Waals surface area contributed by atoms with Crippen LogP contribution in [0.1, 0.15) is 60.8 Å². The number of nitrogens with zero attached hydrogens (tertiary/aromatic N) is 6. The second kappa shape index (κ2) is 6.64. The van der Waals surface area contributed by atoms with Crippen LogP contribution in [0, 0.1) is 0 Å². The highest BCUT2D eigenvalue weighted by atomic mass is 19.3. The van der Waals surface area contributed by atoms with Crippen LogP contribution in [0.5, 0.6) is 0 Å². The second-order valence-corrected chi connectivity index (χ2v) is 7.35. The normalized spacial score (nSPS) is 16.9. The number of pyridine rings is 1. The SMILES string of the molecule is CC(C)c1nnc(N2CCc3[nH]cnc3C2c2cc3c(C(F)F)cccn3n2)o1. The zero-order valence-corrected chi connectivity index (χ0v) is 15.9. The van der Waals surface area contributed by atoms with E-state index in [1.54, 1.807) is 24.7 Å². The summed E-state index contributed by atoms with van der Waals surface area (Å²) in [7, 11) is 0. The van der Waals surface area contributed by atoms with Crippen LogP contribution in [0.25, 0.3) is 5.52 Å². The first-order chi connectivity index (χ1) is 14.0. The van der Waals surface area contributed by atoms with Gasteiger partial charge >= 0.3 is 6.01 Å². The van der Waals surface area contributed by atoms with E-state index in [0.717, 1.165) is 17.8 Å². The molecule has 0 aromatic carbocycles. The zero-order valence-electron chi connectivity index (χ0n) is 15.9. The molecule has 10 heteroatoms. The van der Waals surface area contributed by atoms with Crippen LogP contribution < -0.4 is 4.90 Å².